The van der Waals surface area contributed by atoms with Gasteiger partial charge in [0.2, 0.25) is 0 Å². The third-order valence-electron chi connectivity index (χ3n) is 4.28. The number of carbonyl (C=O) groups is 2. The second-order valence-corrected chi connectivity index (χ2v) is 8.66. The zero-order chi connectivity index (χ0) is 20.1. The number of thiophene rings is 2. The number of carbonyl (C=O) groups excluding carboxylic acids is 2. The predicted molar refractivity (Wildman–Crippen MR) is 114 cm³/mol. The van der Waals surface area contributed by atoms with Gasteiger partial charge in [-0.25, -0.2) is 0 Å². The van der Waals surface area contributed by atoms with E-state index in [2.05, 4.69) is 24.5 Å². The molecule has 2 heterocycles. The van der Waals surface area contributed by atoms with E-state index in [1.807, 2.05) is 41.1 Å². The maximum Gasteiger partial charge on any atom is 0.313 e. The molecule has 0 aliphatic heterocycles. The van der Waals surface area contributed by atoms with Crippen LogP contribution in [0.15, 0.2) is 53.2 Å². The van der Waals surface area contributed by atoms with Crippen LogP contribution < -0.4 is 10.6 Å². The van der Waals surface area contributed by atoms with Gasteiger partial charge < -0.3 is 15.7 Å². The molecular formula is C21H22N2O3S2. The Hall–Kier alpha value is -2.48. The first-order valence-electron chi connectivity index (χ1n) is 8.92. The molecule has 3 N–H and O–H groups in total. The van der Waals surface area contributed by atoms with Crippen LogP contribution in [0.1, 0.15) is 46.8 Å². The zero-order valence-corrected chi connectivity index (χ0v) is 17.3. The highest BCUT2D eigenvalue weighted by Gasteiger charge is 2.16. The number of benzene rings is 1. The molecule has 0 fully saturated rings. The van der Waals surface area contributed by atoms with E-state index >= 15 is 0 Å². The molecule has 0 saturated heterocycles. The van der Waals surface area contributed by atoms with Crippen molar-refractivity contribution in [3.05, 3.63) is 74.1 Å². The minimum absolute atomic E-state index is 0.236. The highest BCUT2D eigenvalue weighted by atomic mass is 32.1. The fourth-order valence-electron chi connectivity index (χ4n) is 2.62. The molecule has 1 aromatic carbocycles. The summed E-state index contributed by atoms with van der Waals surface area (Å²) in [5, 5.41) is 19.4. The van der Waals surface area contributed by atoms with E-state index in [4.69, 9.17) is 0 Å². The lowest BCUT2D eigenvalue weighted by atomic mass is 10.0. The molecule has 3 rings (SSSR count). The molecule has 5 nitrogen and oxygen atoms in total. The van der Waals surface area contributed by atoms with Gasteiger partial charge in [-0.3, -0.25) is 9.59 Å². The topological polar surface area (TPSA) is 78.4 Å². The Balaban J connectivity index is 1.51. The number of hydrogen-bond donors (Lipinski definition) is 3. The lowest BCUT2D eigenvalue weighted by Crippen LogP contribution is -2.34. The van der Waals surface area contributed by atoms with Gasteiger partial charge in [-0.05, 0) is 58.1 Å². The molecule has 0 saturated carbocycles. The first-order valence-corrected chi connectivity index (χ1v) is 10.7. The van der Waals surface area contributed by atoms with Gasteiger partial charge in [0.15, 0.2) is 0 Å². The molecule has 1 atom stereocenters. The summed E-state index contributed by atoms with van der Waals surface area (Å²) in [6.07, 6.45) is -0.669. The molecule has 28 heavy (non-hydrogen) atoms. The van der Waals surface area contributed by atoms with Crippen molar-refractivity contribution in [1.82, 2.24) is 5.32 Å². The van der Waals surface area contributed by atoms with Crippen LogP contribution in [0.25, 0.3) is 0 Å². The third kappa shape index (κ3) is 5.07. The van der Waals surface area contributed by atoms with Crippen LogP contribution in [0, 0.1) is 0 Å². The average Bonchev–Trinajstić information content (AvgIpc) is 3.38. The molecule has 146 valence electrons. The van der Waals surface area contributed by atoms with Crippen molar-refractivity contribution >= 4 is 40.2 Å². The SMILES string of the molecule is CC(C)c1ccc(NC(=O)C(=O)NCc2ccc(C(O)c3ccsc3)s2)cc1. The second-order valence-electron chi connectivity index (χ2n) is 6.68. The summed E-state index contributed by atoms with van der Waals surface area (Å²) in [4.78, 5) is 25.8. The van der Waals surface area contributed by atoms with Gasteiger partial charge in [-0.15, -0.1) is 11.3 Å². The van der Waals surface area contributed by atoms with E-state index in [9.17, 15) is 14.7 Å². The monoisotopic (exact) mass is 414 g/mol. The second kappa shape index (κ2) is 9.14. The van der Waals surface area contributed by atoms with Crippen LogP contribution in [0.5, 0.6) is 0 Å². The molecule has 0 bridgehead atoms. The van der Waals surface area contributed by atoms with Crippen LogP contribution in [0.4, 0.5) is 5.69 Å². The first kappa shape index (κ1) is 20.3. The van der Waals surface area contributed by atoms with Crippen molar-refractivity contribution in [3.8, 4) is 0 Å². The fourth-order valence-corrected chi connectivity index (χ4v) is 4.26. The lowest BCUT2D eigenvalue weighted by molar-refractivity contribution is -0.136. The third-order valence-corrected chi connectivity index (χ3v) is 6.11. The molecule has 0 aliphatic rings. The molecule has 0 aliphatic carbocycles. The van der Waals surface area contributed by atoms with Gasteiger partial charge in [0, 0.05) is 15.4 Å². The van der Waals surface area contributed by atoms with Crippen LogP contribution in [0.2, 0.25) is 0 Å². The normalized spacial score (nSPS) is 12.0. The summed E-state index contributed by atoms with van der Waals surface area (Å²) >= 11 is 2.94. The van der Waals surface area contributed by atoms with Crippen molar-refractivity contribution in [1.29, 1.82) is 0 Å². The summed E-state index contributed by atoms with van der Waals surface area (Å²) < 4.78 is 0. The van der Waals surface area contributed by atoms with E-state index in [0.717, 1.165) is 15.3 Å². The van der Waals surface area contributed by atoms with E-state index < -0.39 is 17.9 Å². The number of rotatable bonds is 6. The molecule has 0 spiro atoms. The number of anilines is 1. The molecule has 3 aromatic rings. The van der Waals surface area contributed by atoms with Gasteiger partial charge in [0.05, 0.1) is 6.54 Å². The quantitative estimate of drug-likeness (QED) is 0.527. The molecule has 7 heteroatoms. The zero-order valence-electron chi connectivity index (χ0n) is 15.6. The van der Waals surface area contributed by atoms with E-state index in [-0.39, 0.29) is 6.54 Å². The van der Waals surface area contributed by atoms with Gasteiger partial charge in [0.1, 0.15) is 6.10 Å². The Morgan fingerprint density at radius 1 is 1.00 bits per heavy atom. The van der Waals surface area contributed by atoms with E-state index in [1.54, 1.807) is 12.1 Å². The van der Waals surface area contributed by atoms with Gasteiger partial charge in [0.25, 0.3) is 0 Å². The lowest BCUT2D eigenvalue weighted by Gasteiger charge is -2.08. The van der Waals surface area contributed by atoms with Crippen molar-refractivity contribution in [2.45, 2.75) is 32.4 Å². The molecular weight excluding hydrogens is 392 g/mol. The smallest absolute Gasteiger partial charge is 0.313 e. The molecule has 2 amide bonds. The average molecular weight is 415 g/mol. The van der Waals surface area contributed by atoms with Crippen LogP contribution >= 0.6 is 22.7 Å². The summed E-state index contributed by atoms with van der Waals surface area (Å²) in [5.74, 6) is -0.990. The Bertz CT molecular complexity index is 931. The maximum absolute atomic E-state index is 12.1. The number of amides is 2. The number of hydrogen-bond acceptors (Lipinski definition) is 5. The minimum atomic E-state index is -0.701. The standard InChI is InChI=1S/C21H22N2O3S2/c1-13(2)14-3-5-16(6-4-14)23-21(26)20(25)22-11-17-7-8-18(28-17)19(24)15-9-10-27-12-15/h3-10,12-13,19,24H,11H2,1-2H3,(H,22,25)(H,23,26). The van der Waals surface area contributed by atoms with Crippen LogP contribution in [0.3, 0.4) is 0 Å². The number of nitrogens with one attached hydrogen (secondary N) is 2. The van der Waals surface area contributed by atoms with Crippen molar-refractivity contribution in [3.63, 3.8) is 0 Å². The largest absolute Gasteiger partial charge is 0.383 e. The van der Waals surface area contributed by atoms with E-state index in [0.29, 0.717) is 11.6 Å². The summed E-state index contributed by atoms with van der Waals surface area (Å²) in [5.41, 5.74) is 2.60. The fraction of sp³-hybridized carbons (Fsp3) is 0.238. The van der Waals surface area contributed by atoms with Gasteiger partial charge in [-0.1, -0.05) is 26.0 Å². The summed E-state index contributed by atoms with van der Waals surface area (Å²) in [6, 6.07) is 13.0. The number of aliphatic hydroxyl groups excluding tert-OH is 1. The van der Waals surface area contributed by atoms with E-state index in [1.165, 1.54) is 28.2 Å². The summed E-state index contributed by atoms with van der Waals surface area (Å²) in [6.45, 7) is 4.42. The Morgan fingerprint density at radius 2 is 1.75 bits per heavy atom. The molecule has 0 radical (unpaired) electrons. The van der Waals surface area contributed by atoms with Gasteiger partial charge >= 0.3 is 11.8 Å². The van der Waals surface area contributed by atoms with Crippen LogP contribution in [-0.2, 0) is 16.1 Å². The highest BCUT2D eigenvalue weighted by molar-refractivity contribution is 7.12. The number of aliphatic hydroxyl groups is 1. The van der Waals surface area contributed by atoms with Crippen molar-refractivity contribution in [2.24, 2.45) is 0 Å². The highest BCUT2D eigenvalue weighted by Crippen LogP contribution is 2.29. The van der Waals surface area contributed by atoms with Gasteiger partial charge in [-0.2, -0.15) is 11.3 Å². The van der Waals surface area contributed by atoms with Crippen LogP contribution in [-0.4, -0.2) is 16.9 Å². The van der Waals surface area contributed by atoms with Crippen molar-refractivity contribution in [2.75, 3.05) is 5.32 Å². The Labute approximate surface area is 172 Å². The Morgan fingerprint density at radius 3 is 2.39 bits per heavy atom. The molecule has 1 unspecified atom stereocenters. The predicted octanol–water partition coefficient (Wildman–Crippen LogP) is 4.27. The van der Waals surface area contributed by atoms with Crippen molar-refractivity contribution < 1.29 is 14.7 Å². The maximum atomic E-state index is 12.1. The Kier molecular flexibility index (Phi) is 6.61. The summed E-state index contributed by atoms with van der Waals surface area (Å²) in [7, 11) is 0. The first-order chi connectivity index (χ1) is 13.4. The minimum Gasteiger partial charge on any atom is -0.383 e. The molecule has 2 aromatic heterocycles.